The van der Waals surface area contributed by atoms with Crippen LogP contribution in [0.3, 0.4) is 0 Å². The Balaban J connectivity index is 1.93. The summed E-state index contributed by atoms with van der Waals surface area (Å²) in [7, 11) is 0. The summed E-state index contributed by atoms with van der Waals surface area (Å²) in [6.45, 7) is -0.312. The molecule has 0 aromatic heterocycles. The lowest BCUT2D eigenvalue weighted by Gasteiger charge is -2.17. The smallest absolute Gasteiger partial charge is 0.259 e. The number of hydrogen-bond donors (Lipinski definition) is 1. The molecule has 0 spiro atoms. The summed E-state index contributed by atoms with van der Waals surface area (Å²) in [5, 5.41) is 10.2. The third kappa shape index (κ3) is 1.86. The minimum Gasteiger partial charge on any atom is -0.382 e. The highest BCUT2D eigenvalue weighted by molar-refractivity contribution is 5.81. The maximum atomic E-state index is 10.2. The lowest BCUT2D eigenvalue weighted by molar-refractivity contribution is -0.463. The van der Waals surface area contributed by atoms with Crippen LogP contribution in [0, 0.1) is 22.0 Å². The third-order valence-electron chi connectivity index (χ3n) is 3.32. The SMILES string of the molecule is NC(C[N+](=O)[O-])=NC1CC2CCC1C2. The second kappa shape index (κ2) is 3.55. The average molecular weight is 197 g/mol. The minimum atomic E-state index is -0.425. The maximum absolute atomic E-state index is 10.2. The van der Waals surface area contributed by atoms with Crippen molar-refractivity contribution in [3.63, 3.8) is 0 Å². The fourth-order valence-electron chi connectivity index (χ4n) is 2.76. The monoisotopic (exact) mass is 197 g/mol. The van der Waals surface area contributed by atoms with Gasteiger partial charge in [-0.3, -0.25) is 15.1 Å². The van der Waals surface area contributed by atoms with Crippen molar-refractivity contribution in [3.05, 3.63) is 10.1 Å². The molecule has 3 atom stereocenters. The molecule has 2 rings (SSSR count). The van der Waals surface area contributed by atoms with Gasteiger partial charge in [0.15, 0.2) is 5.84 Å². The van der Waals surface area contributed by atoms with Crippen LogP contribution < -0.4 is 5.73 Å². The van der Waals surface area contributed by atoms with Gasteiger partial charge < -0.3 is 5.73 Å². The van der Waals surface area contributed by atoms with Crippen molar-refractivity contribution in [1.82, 2.24) is 0 Å². The van der Waals surface area contributed by atoms with Gasteiger partial charge in [-0.25, -0.2) is 0 Å². The van der Waals surface area contributed by atoms with Crippen LogP contribution >= 0.6 is 0 Å². The second-order valence-electron chi connectivity index (χ2n) is 4.35. The van der Waals surface area contributed by atoms with Crippen LogP contribution in [0.5, 0.6) is 0 Å². The Hall–Kier alpha value is -1.13. The van der Waals surface area contributed by atoms with E-state index in [9.17, 15) is 10.1 Å². The molecule has 14 heavy (non-hydrogen) atoms. The molecular formula is C9H15N3O2. The molecule has 2 saturated carbocycles. The highest BCUT2D eigenvalue weighted by Gasteiger charge is 2.39. The molecule has 3 unspecified atom stereocenters. The molecule has 0 aromatic carbocycles. The number of nitrogens with two attached hydrogens (primary N) is 1. The van der Waals surface area contributed by atoms with Gasteiger partial charge in [0.2, 0.25) is 0 Å². The first kappa shape index (κ1) is 9.43. The van der Waals surface area contributed by atoms with Crippen molar-refractivity contribution in [1.29, 1.82) is 0 Å². The van der Waals surface area contributed by atoms with Crippen molar-refractivity contribution in [2.45, 2.75) is 31.7 Å². The van der Waals surface area contributed by atoms with Gasteiger partial charge >= 0.3 is 0 Å². The summed E-state index contributed by atoms with van der Waals surface area (Å²) in [5.74, 6) is 1.63. The van der Waals surface area contributed by atoms with E-state index in [1.165, 1.54) is 19.3 Å². The van der Waals surface area contributed by atoms with Crippen molar-refractivity contribution < 1.29 is 4.92 Å². The summed E-state index contributed by atoms with van der Waals surface area (Å²) >= 11 is 0. The first-order chi connectivity index (χ1) is 6.65. The number of amidine groups is 1. The van der Waals surface area contributed by atoms with E-state index in [-0.39, 0.29) is 18.4 Å². The van der Waals surface area contributed by atoms with E-state index in [1.807, 2.05) is 0 Å². The first-order valence-corrected chi connectivity index (χ1v) is 5.09. The Labute approximate surface area is 82.5 Å². The zero-order valence-electron chi connectivity index (χ0n) is 8.06. The van der Waals surface area contributed by atoms with Gasteiger partial charge in [0, 0.05) is 4.92 Å². The van der Waals surface area contributed by atoms with Gasteiger partial charge in [0.05, 0.1) is 6.04 Å². The van der Waals surface area contributed by atoms with Gasteiger partial charge in [-0.15, -0.1) is 0 Å². The molecule has 2 aliphatic rings. The van der Waals surface area contributed by atoms with Crippen LogP contribution in [0.25, 0.3) is 0 Å². The van der Waals surface area contributed by atoms with E-state index >= 15 is 0 Å². The van der Waals surface area contributed by atoms with Crippen LogP contribution in [0.1, 0.15) is 25.7 Å². The molecule has 2 fully saturated rings. The first-order valence-electron chi connectivity index (χ1n) is 5.09. The number of fused-ring (bicyclic) bond motifs is 2. The van der Waals surface area contributed by atoms with E-state index in [1.54, 1.807) is 0 Å². The molecule has 0 saturated heterocycles. The molecule has 5 nitrogen and oxygen atoms in total. The minimum absolute atomic E-state index is 0.188. The van der Waals surface area contributed by atoms with E-state index in [2.05, 4.69) is 4.99 Å². The van der Waals surface area contributed by atoms with Crippen LogP contribution in [0.15, 0.2) is 4.99 Å². The lowest BCUT2D eigenvalue weighted by Crippen LogP contribution is -2.26. The highest BCUT2D eigenvalue weighted by atomic mass is 16.6. The molecule has 0 amide bonds. The third-order valence-corrected chi connectivity index (χ3v) is 3.32. The number of nitrogens with zero attached hydrogens (tertiary/aromatic N) is 2. The summed E-state index contributed by atoms with van der Waals surface area (Å²) < 4.78 is 0. The zero-order chi connectivity index (χ0) is 10.1. The van der Waals surface area contributed by atoms with Crippen LogP contribution in [-0.2, 0) is 0 Å². The largest absolute Gasteiger partial charge is 0.382 e. The van der Waals surface area contributed by atoms with Gasteiger partial charge in [-0.05, 0) is 31.1 Å². The lowest BCUT2D eigenvalue weighted by atomic mass is 9.96. The van der Waals surface area contributed by atoms with Crippen molar-refractivity contribution in [2.24, 2.45) is 22.6 Å². The van der Waals surface area contributed by atoms with Crippen molar-refractivity contribution in [3.8, 4) is 0 Å². The molecule has 0 aromatic rings. The van der Waals surface area contributed by atoms with E-state index in [0.29, 0.717) is 5.92 Å². The molecule has 0 aliphatic heterocycles. The van der Waals surface area contributed by atoms with Crippen LogP contribution in [0.2, 0.25) is 0 Å². The molecule has 2 N–H and O–H groups in total. The molecule has 0 radical (unpaired) electrons. The number of hydrogen-bond acceptors (Lipinski definition) is 3. The number of rotatable bonds is 3. The Morgan fingerprint density at radius 2 is 2.29 bits per heavy atom. The second-order valence-corrected chi connectivity index (χ2v) is 4.35. The fraction of sp³-hybridized carbons (Fsp3) is 0.889. The molecule has 78 valence electrons. The topological polar surface area (TPSA) is 81.5 Å². The number of aliphatic imine (C=N–C) groups is 1. The number of nitro groups is 1. The van der Waals surface area contributed by atoms with Crippen LogP contribution in [-0.4, -0.2) is 23.3 Å². The maximum Gasteiger partial charge on any atom is 0.259 e. The summed E-state index contributed by atoms with van der Waals surface area (Å²) in [5.41, 5.74) is 5.49. The molecule has 2 aliphatic carbocycles. The van der Waals surface area contributed by atoms with Crippen molar-refractivity contribution in [2.75, 3.05) is 6.54 Å². The van der Waals surface area contributed by atoms with E-state index in [4.69, 9.17) is 5.73 Å². The molecule has 5 heteroatoms. The van der Waals surface area contributed by atoms with Gasteiger partial charge in [0.1, 0.15) is 0 Å². The van der Waals surface area contributed by atoms with E-state index < -0.39 is 4.92 Å². The van der Waals surface area contributed by atoms with Crippen LogP contribution in [0.4, 0.5) is 0 Å². The predicted molar refractivity (Wildman–Crippen MR) is 52.7 cm³/mol. The standard InChI is InChI=1S/C9H15N3O2/c10-9(5-12(13)14)11-8-4-6-1-2-7(8)3-6/h6-8H,1-5H2,(H2,10,11). The Bertz CT molecular complexity index is 277. The summed E-state index contributed by atoms with van der Waals surface area (Å²) in [4.78, 5) is 14.0. The zero-order valence-corrected chi connectivity index (χ0v) is 8.06. The van der Waals surface area contributed by atoms with E-state index in [0.717, 1.165) is 12.3 Å². The molecule has 0 heterocycles. The molecular weight excluding hydrogens is 182 g/mol. The highest BCUT2D eigenvalue weighted by Crippen LogP contribution is 2.45. The fourth-order valence-corrected chi connectivity index (χ4v) is 2.76. The quantitative estimate of drug-likeness (QED) is 0.314. The summed E-state index contributed by atoms with van der Waals surface area (Å²) in [6.07, 6.45) is 4.87. The van der Waals surface area contributed by atoms with Gasteiger partial charge in [-0.1, -0.05) is 6.42 Å². The Morgan fingerprint density at radius 1 is 1.50 bits per heavy atom. The van der Waals surface area contributed by atoms with Crippen molar-refractivity contribution >= 4 is 5.84 Å². The normalized spacial score (nSPS) is 36.3. The van der Waals surface area contributed by atoms with Gasteiger partial charge in [-0.2, -0.15) is 0 Å². The predicted octanol–water partition coefficient (Wildman–Crippen LogP) is 0.809. The summed E-state index contributed by atoms with van der Waals surface area (Å²) in [6, 6.07) is 0.272. The Kier molecular flexibility index (Phi) is 2.39. The molecule has 2 bridgehead atoms. The van der Waals surface area contributed by atoms with Gasteiger partial charge in [0.25, 0.3) is 6.54 Å². The Morgan fingerprint density at radius 3 is 2.79 bits per heavy atom. The average Bonchev–Trinajstić information content (AvgIpc) is 2.62.